The molecule has 6 nitrogen and oxygen atoms in total. The van der Waals surface area contributed by atoms with Crippen LogP contribution in [0, 0.1) is 0 Å². The van der Waals surface area contributed by atoms with Gasteiger partial charge in [-0.15, -0.1) is 5.10 Å². The van der Waals surface area contributed by atoms with Crippen molar-refractivity contribution in [3.05, 3.63) is 59.7 Å². The van der Waals surface area contributed by atoms with Gasteiger partial charge in [-0.05, 0) is 62.0 Å². The molecule has 1 aliphatic heterocycles. The molecule has 0 radical (unpaired) electrons. The molecule has 1 atom stereocenters. The van der Waals surface area contributed by atoms with E-state index in [2.05, 4.69) is 38.7 Å². The second kappa shape index (κ2) is 8.40. The lowest BCUT2D eigenvalue weighted by Gasteiger charge is -2.27. The number of hydrogen-bond donors (Lipinski definition) is 1. The molecule has 1 N–H and O–H groups in total. The summed E-state index contributed by atoms with van der Waals surface area (Å²) in [6.07, 6.45) is 4.26. The van der Waals surface area contributed by atoms with Crippen molar-refractivity contribution in [1.29, 1.82) is 0 Å². The molecule has 2 aliphatic rings. The summed E-state index contributed by atoms with van der Waals surface area (Å²) >= 11 is 0. The van der Waals surface area contributed by atoms with Crippen molar-refractivity contribution in [2.75, 3.05) is 19.6 Å². The van der Waals surface area contributed by atoms with Crippen molar-refractivity contribution in [3.8, 4) is 0 Å². The summed E-state index contributed by atoms with van der Waals surface area (Å²) in [5.74, 6) is 0.133. The number of rotatable bonds is 6. The fraction of sp³-hybridized carbons (Fsp3) is 0.435. The Bertz CT molecular complexity index is 1020. The van der Waals surface area contributed by atoms with Crippen LogP contribution < -0.4 is 5.32 Å². The van der Waals surface area contributed by atoms with Crippen molar-refractivity contribution < 1.29 is 4.79 Å². The summed E-state index contributed by atoms with van der Waals surface area (Å²) in [5.41, 5.74) is 3.63. The Morgan fingerprint density at radius 3 is 2.57 bits per heavy atom. The van der Waals surface area contributed by atoms with Gasteiger partial charge in [-0.3, -0.25) is 4.79 Å². The maximum Gasteiger partial charge on any atom is 0.231 e. The van der Waals surface area contributed by atoms with Crippen LogP contribution in [0.25, 0.3) is 11.0 Å². The molecule has 0 bridgehead atoms. The van der Waals surface area contributed by atoms with Gasteiger partial charge in [0.15, 0.2) is 0 Å². The molecular formula is C23H29N5OS. The van der Waals surface area contributed by atoms with E-state index in [1.807, 2.05) is 37.4 Å². The van der Waals surface area contributed by atoms with E-state index in [1.165, 1.54) is 18.4 Å². The standard InChI is InChI=1S/C23H27N5O.H2S/c1-27-21-10-9-18(15-19(21)25-26-27)23(11-12-23)22(29)24-20(16-28-13-5-6-14-28)17-7-3-2-4-8-17;/h2-4,7-10,15,20H,5-6,11-14,16H2,1H3,(H,24,29);1H2/t20-;/m1./s1. The third kappa shape index (κ3) is 3.84. The molecule has 7 heteroatoms. The Morgan fingerprint density at radius 2 is 1.87 bits per heavy atom. The van der Waals surface area contributed by atoms with Crippen LogP contribution in [0.2, 0.25) is 0 Å². The normalized spacial score (nSPS) is 18.7. The molecule has 30 heavy (non-hydrogen) atoms. The Balaban J connectivity index is 0.00000218. The molecule has 1 saturated carbocycles. The number of fused-ring (bicyclic) bond motifs is 1. The Kier molecular flexibility index (Phi) is 5.84. The highest BCUT2D eigenvalue weighted by Gasteiger charge is 2.51. The molecule has 2 aromatic carbocycles. The third-order valence-electron chi connectivity index (χ3n) is 6.49. The first-order valence-corrected chi connectivity index (χ1v) is 10.5. The first kappa shape index (κ1) is 20.9. The van der Waals surface area contributed by atoms with E-state index in [9.17, 15) is 4.79 Å². The van der Waals surface area contributed by atoms with Gasteiger partial charge in [0.05, 0.1) is 17.0 Å². The number of nitrogens with zero attached hydrogens (tertiary/aromatic N) is 4. The summed E-state index contributed by atoms with van der Waals surface area (Å²) in [7, 11) is 1.89. The quantitative estimate of drug-likeness (QED) is 0.662. The largest absolute Gasteiger partial charge is 0.347 e. The zero-order valence-electron chi connectivity index (χ0n) is 17.3. The first-order valence-electron chi connectivity index (χ1n) is 10.5. The Hall–Kier alpha value is -2.38. The molecule has 1 amide bonds. The number of carbonyl (C=O) groups excluding carboxylic acids is 1. The van der Waals surface area contributed by atoms with E-state index in [0.29, 0.717) is 0 Å². The second-order valence-corrected chi connectivity index (χ2v) is 8.44. The number of likely N-dealkylation sites (tertiary alicyclic amines) is 1. The minimum Gasteiger partial charge on any atom is -0.347 e. The fourth-order valence-electron chi connectivity index (χ4n) is 4.55. The lowest BCUT2D eigenvalue weighted by atomic mass is 9.93. The van der Waals surface area contributed by atoms with Crippen LogP contribution in [0.1, 0.15) is 42.9 Å². The fourth-order valence-corrected chi connectivity index (χ4v) is 4.55. The molecule has 1 aliphatic carbocycles. The predicted octanol–water partition coefficient (Wildman–Crippen LogP) is 3.07. The van der Waals surface area contributed by atoms with Gasteiger partial charge in [0, 0.05) is 13.6 Å². The lowest BCUT2D eigenvalue weighted by Crippen LogP contribution is -2.41. The third-order valence-corrected chi connectivity index (χ3v) is 6.49. The van der Waals surface area contributed by atoms with E-state index in [-0.39, 0.29) is 25.4 Å². The van der Waals surface area contributed by atoms with Gasteiger partial charge in [-0.2, -0.15) is 13.5 Å². The predicted molar refractivity (Wildman–Crippen MR) is 123 cm³/mol. The second-order valence-electron chi connectivity index (χ2n) is 8.44. The maximum absolute atomic E-state index is 13.5. The minimum atomic E-state index is -0.427. The summed E-state index contributed by atoms with van der Waals surface area (Å²) in [5, 5.41) is 11.7. The van der Waals surface area contributed by atoms with Gasteiger partial charge < -0.3 is 10.2 Å². The average molecular weight is 424 g/mol. The van der Waals surface area contributed by atoms with Crippen LogP contribution in [0.15, 0.2) is 48.5 Å². The van der Waals surface area contributed by atoms with Crippen LogP contribution in [0.5, 0.6) is 0 Å². The number of aromatic nitrogens is 3. The number of carbonyl (C=O) groups is 1. The van der Waals surface area contributed by atoms with Crippen molar-refractivity contribution in [2.45, 2.75) is 37.1 Å². The molecule has 0 spiro atoms. The molecule has 1 aromatic heterocycles. The van der Waals surface area contributed by atoms with E-state index in [0.717, 1.165) is 49.1 Å². The monoisotopic (exact) mass is 423 g/mol. The topological polar surface area (TPSA) is 63.1 Å². The van der Waals surface area contributed by atoms with Gasteiger partial charge in [0.1, 0.15) is 5.52 Å². The van der Waals surface area contributed by atoms with Crippen LogP contribution in [-0.2, 0) is 17.3 Å². The van der Waals surface area contributed by atoms with E-state index in [1.54, 1.807) is 4.68 Å². The van der Waals surface area contributed by atoms with Crippen molar-refractivity contribution in [1.82, 2.24) is 25.2 Å². The van der Waals surface area contributed by atoms with Crippen molar-refractivity contribution >= 4 is 30.4 Å². The summed E-state index contributed by atoms with van der Waals surface area (Å²) < 4.78 is 1.76. The zero-order chi connectivity index (χ0) is 19.8. The van der Waals surface area contributed by atoms with Crippen molar-refractivity contribution in [2.24, 2.45) is 7.05 Å². The SMILES string of the molecule is Cn1nnc2cc(C3(C(=O)N[C@H](CN4CCCC4)c4ccccc4)CC3)ccc21.S. The van der Waals surface area contributed by atoms with Crippen LogP contribution in [0.4, 0.5) is 0 Å². The van der Waals surface area contributed by atoms with E-state index >= 15 is 0 Å². The van der Waals surface area contributed by atoms with Crippen LogP contribution in [0.3, 0.4) is 0 Å². The van der Waals surface area contributed by atoms with Crippen LogP contribution >= 0.6 is 13.5 Å². The highest BCUT2D eigenvalue weighted by molar-refractivity contribution is 7.59. The highest BCUT2D eigenvalue weighted by atomic mass is 32.1. The summed E-state index contributed by atoms with van der Waals surface area (Å²) in [6.45, 7) is 3.11. The Labute approximate surface area is 184 Å². The van der Waals surface area contributed by atoms with Gasteiger partial charge in [0.2, 0.25) is 5.91 Å². The number of nitrogens with one attached hydrogen (secondary N) is 1. The molecule has 1 saturated heterocycles. The van der Waals surface area contributed by atoms with E-state index in [4.69, 9.17) is 0 Å². The van der Waals surface area contributed by atoms with Gasteiger partial charge in [-0.1, -0.05) is 41.6 Å². The zero-order valence-corrected chi connectivity index (χ0v) is 18.3. The first-order chi connectivity index (χ1) is 14.2. The van der Waals surface area contributed by atoms with E-state index < -0.39 is 5.41 Å². The molecule has 5 rings (SSSR count). The molecular weight excluding hydrogens is 394 g/mol. The number of benzene rings is 2. The molecule has 158 valence electrons. The number of hydrogen-bond acceptors (Lipinski definition) is 4. The average Bonchev–Trinajstić information content (AvgIpc) is 3.26. The van der Waals surface area contributed by atoms with Gasteiger partial charge in [0.25, 0.3) is 0 Å². The molecule has 2 heterocycles. The van der Waals surface area contributed by atoms with Crippen molar-refractivity contribution in [3.63, 3.8) is 0 Å². The summed E-state index contributed by atoms with van der Waals surface area (Å²) in [6, 6.07) is 16.5. The highest BCUT2D eigenvalue weighted by Crippen LogP contribution is 2.49. The minimum absolute atomic E-state index is 0. The maximum atomic E-state index is 13.5. The molecule has 3 aromatic rings. The summed E-state index contributed by atoms with van der Waals surface area (Å²) in [4.78, 5) is 15.9. The molecule has 0 unspecified atom stereocenters. The van der Waals surface area contributed by atoms with Crippen LogP contribution in [-0.4, -0.2) is 45.4 Å². The lowest BCUT2D eigenvalue weighted by molar-refractivity contribution is -0.124. The molecule has 2 fully saturated rings. The number of aryl methyl sites for hydroxylation is 1. The number of amides is 1. The smallest absolute Gasteiger partial charge is 0.231 e. The van der Waals surface area contributed by atoms with Gasteiger partial charge >= 0.3 is 0 Å². The Morgan fingerprint density at radius 1 is 1.13 bits per heavy atom. The van der Waals surface area contributed by atoms with Gasteiger partial charge in [-0.25, -0.2) is 4.68 Å².